The van der Waals surface area contributed by atoms with Gasteiger partial charge in [0.05, 0.1) is 19.5 Å². The third-order valence-electron chi connectivity index (χ3n) is 2.92. The van der Waals surface area contributed by atoms with Crippen LogP contribution in [0, 0.1) is 0 Å². The lowest BCUT2D eigenvalue weighted by Gasteiger charge is -2.39. The van der Waals surface area contributed by atoms with Crippen molar-refractivity contribution < 1.29 is 9.53 Å². The van der Waals surface area contributed by atoms with Gasteiger partial charge in [-0.2, -0.15) is 0 Å². The van der Waals surface area contributed by atoms with Crippen molar-refractivity contribution in [2.45, 2.75) is 31.7 Å². The van der Waals surface area contributed by atoms with E-state index in [-0.39, 0.29) is 11.2 Å². The van der Waals surface area contributed by atoms with E-state index < -0.39 is 5.97 Å². The van der Waals surface area contributed by atoms with Crippen LogP contribution in [-0.2, 0) is 4.74 Å². The van der Waals surface area contributed by atoms with E-state index in [2.05, 4.69) is 26.9 Å². The standard InChI is InChI=1S/C11H15N3O2/c1-11(4-3-5-11)14-9-7-12-6-8(13-9)10(15)16-2/h6-7H,3-5H2,1-2H3,(H,13,14). The smallest absolute Gasteiger partial charge is 0.358 e. The highest BCUT2D eigenvalue weighted by molar-refractivity contribution is 5.87. The Balaban J connectivity index is 2.12. The summed E-state index contributed by atoms with van der Waals surface area (Å²) in [5.74, 6) is 0.167. The Kier molecular flexibility index (Phi) is 2.77. The van der Waals surface area contributed by atoms with Crippen molar-refractivity contribution in [3.05, 3.63) is 18.1 Å². The second-order valence-corrected chi connectivity index (χ2v) is 4.32. The highest BCUT2D eigenvalue weighted by Crippen LogP contribution is 2.33. The maximum Gasteiger partial charge on any atom is 0.358 e. The van der Waals surface area contributed by atoms with Crippen molar-refractivity contribution in [2.24, 2.45) is 0 Å². The van der Waals surface area contributed by atoms with Crippen molar-refractivity contribution in [3.63, 3.8) is 0 Å². The molecule has 5 heteroatoms. The van der Waals surface area contributed by atoms with Crippen LogP contribution >= 0.6 is 0 Å². The van der Waals surface area contributed by atoms with Crippen LogP contribution in [0.2, 0.25) is 0 Å². The minimum Gasteiger partial charge on any atom is -0.464 e. The molecule has 1 N–H and O–H groups in total. The fourth-order valence-electron chi connectivity index (χ4n) is 1.77. The third kappa shape index (κ3) is 2.13. The van der Waals surface area contributed by atoms with E-state index in [1.807, 2.05) is 0 Å². The lowest BCUT2D eigenvalue weighted by Crippen LogP contribution is -2.42. The predicted octanol–water partition coefficient (Wildman–Crippen LogP) is 1.62. The third-order valence-corrected chi connectivity index (χ3v) is 2.92. The number of nitrogens with zero attached hydrogens (tertiary/aromatic N) is 2. The molecule has 0 amide bonds. The van der Waals surface area contributed by atoms with Gasteiger partial charge in [0.25, 0.3) is 0 Å². The van der Waals surface area contributed by atoms with Gasteiger partial charge in [-0.25, -0.2) is 9.78 Å². The quantitative estimate of drug-likeness (QED) is 0.786. The van der Waals surface area contributed by atoms with Gasteiger partial charge in [0, 0.05) is 5.54 Å². The van der Waals surface area contributed by atoms with Gasteiger partial charge in [0.1, 0.15) is 5.82 Å². The molecule has 0 radical (unpaired) electrons. The van der Waals surface area contributed by atoms with Crippen molar-refractivity contribution in [1.29, 1.82) is 0 Å². The van der Waals surface area contributed by atoms with Gasteiger partial charge in [0.15, 0.2) is 5.69 Å². The summed E-state index contributed by atoms with van der Waals surface area (Å²) in [6, 6.07) is 0. The van der Waals surface area contributed by atoms with Gasteiger partial charge in [-0.05, 0) is 26.2 Å². The predicted molar refractivity (Wildman–Crippen MR) is 59.3 cm³/mol. The molecule has 1 heterocycles. The number of ether oxygens (including phenoxy) is 1. The molecule has 1 aromatic heterocycles. The van der Waals surface area contributed by atoms with Crippen molar-refractivity contribution in [2.75, 3.05) is 12.4 Å². The Bertz CT molecular complexity index is 402. The molecular weight excluding hydrogens is 206 g/mol. The molecule has 0 saturated heterocycles. The lowest BCUT2D eigenvalue weighted by atomic mass is 9.78. The van der Waals surface area contributed by atoms with E-state index in [0.29, 0.717) is 5.82 Å². The molecule has 0 unspecified atom stereocenters. The lowest BCUT2D eigenvalue weighted by molar-refractivity contribution is 0.0593. The maximum absolute atomic E-state index is 11.3. The Morgan fingerprint density at radius 3 is 2.81 bits per heavy atom. The fourth-order valence-corrected chi connectivity index (χ4v) is 1.77. The van der Waals surface area contributed by atoms with Crippen molar-refractivity contribution in [3.8, 4) is 0 Å². The van der Waals surface area contributed by atoms with Crippen LogP contribution in [0.15, 0.2) is 12.4 Å². The maximum atomic E-state index is 11.3. The van der Waals surface area contributed by atoms with Crippen molar-refractivity contribution in [1.82, 2.24) is 9.97 Å². The molecule has 0 aromatic carbocycles. The Morgan fingerprint density at radius 1 is 1.50 bits per heavy atom. The average Bonchev–Trinajstić information content (AvgIpc) is 2.26. The molecule has 16 heavy (non-hydrogen) atoms. The zero-order valence-electron chi connectivity index (χ0n) is 9.49. The molecule has 0 spiro atoms. The average molecular weight is 221 g/mol. The molecule has 1 aliphatic carbocycles. The summed E-state index contributed by atoms with van der Waals surface area (Å²) in [6.45, 7) is 2.14. The van der Waals surface area contributed by atoms with Gasteiger partial charge in [-0.15, -0.1) is 0 Å². The fraction of sp³-hybridized carbons (Fsp3) is 0.545. The van der Waals surface area contributed by atoms with Crippen LogP contribution in [0.1, 0.15) is 36.7 Å². The van der Waals surface area contributed by atoms with Crippen LogP contribution in [0.5, 0.6) is 0 Å². The number of carbonyl (C=O) groups is 1. The minimum atomic E-state index is -0.463. The number of nitrogens with one attached hydrogen (secondary N) is 1. The first-order valence-corrected chi connectivity index (χ1v) is 5.31. The number of aromatic nitrogens is 2. The highest BCUT2D eigenvalue weighted by atomic mass is 16.5. The number of esters is 1. The minimum absolute atomic E-state index is 0.101. The summed E-state index contributed by atoms with van der Waals surface area (Å²) in [7, 11) is 1.33. The number of carbonyl (C=O) groups excluding carboxylic acids is 1. The van der Waals surface area contributed by atoms with E-state index in [9.17, 15) is 4.79 Å². The first kappa shape index (κ1) is 10.9. The molecule has 5 nitrogen and oxygen atoms in total. The topological polar surface area (TPSA) is 64.1 Å². The van der Waals surface area contributed by atoms with E-state index >= 15 is 0 Å². The van der Waals surface area contributed by atoms with E-state index in [1.54, 1.807) is 6.20 Å². The van der Waals surface area contributed by atoms with Gasteiger partial charge in [0.2, 0.25) is 0 Å². The summed E-state index contributed by atoms with van der Waals surface area (Å²) in [5.41, 5.74) is 0.332. The second-order valence-electron chi connectivity index (χ2n) is 4.32. The van der Waals surface area contributed by atoms with E-state index in [0.717, 1.165) is 12.8 Å². The van der Waals surface area contributed by atoms with Crippen LogP contribution in [0.25, 0.3) is 0 Å². The zero-order chi connectivity index (χ0) is 11.6. The Morgan fingerprint density at radius 2 is 2.25 bits per heavy atom. The molecule has 1 aromatic rings. The summed E-state index contributed by atoms with van der Waals surface area (Å²) in [5, 5.41) is 3.29. The molecule has 86 valence electrons. The molecule has 1 fully saturated rings. The van der Waals surface area contributed by atoms with Gasteiger partial charge < -0.3 is 10.1 Å². The summed E-state index contributed by atoms with van der Waals surface area (Å²) < 4.78 is 4.59. The van der Waals surface area contributed by atoms with E-state index in [4.69, 9.17) is 0 Å². The monoisotopic (exact) mass is 221 g/mol. The number of rotatable bonds is 3. The molecule has 1 aliphatic rings. The van der Waals surface area contributed by atoms with Crippen LogP contribution in [0.4, 0.5) is 5.82 Å². The highest BCUT2D eigenvalue weighted by Gasteiger charge is 2.31. The van der Waals surface area contributed by atoms with Gasteiger partial charge >= 0.3 is 5.97 Å². The van der Waals surface area contributed by atoms with Crippen LogP contribution in [-0.4, -0.2) is 28.6 Å². The van der Waals surface area contributed by atoms with Gasteiger partial charge in [-0.3, -0.25) is 4.98 Å². The van der Waals surface area contributed by atoms with Crippen LogP contribution in [0.3, 0.4) is 0 Å². The zero-order valence-corrected chi connectivity index (χ0v) is 9.49. The largest absolute Gasteiger partial charge is 0.464 e. The number of anilines is 1. The molecule has 0 atom stereocenters. The number of methoxy groups -OCH3 is 1. The molecular formula is C11H15N3O2. The molecule has 2 rings (SSSR count). The van der Waals surface area contributed by atoms with Crippen LogP contribution < -0.4 is 5.32 Å². The SMILES string of the molecule is COC(=O)c1cncc(NC2(C)CCC2)n1. The molecule has 0 bridgehead atoms. The summed E-state index contributed by atoms with van der Waals surface area (Å²) in [4.78, 5) is 19.4. The first-order chi connectivity index (χ1) is 7.63. The second kappa shape index (κ2) is 4.08. The normalized spacial score (nSPS) is 17.4. The number of hydrogen-bond acceptors (Lipinski definition) is 5. The van der Waals surface area contributed by atoms with E-state index in [1.165, 1.54) is 19.7 Å². The van der Waals surface area contributed by atoms with Crippen molar-refractivity contribution >= 4 is 11.8 Å². The van der Waals surface area contributed by atoms with Gasteiger partial charge in [-0.1, -0.05) is 0 Å². The number of hydrogen-bond donors (Lipinski definition) is 1. The summed E-state index contributed by atoms with van der Waals surface area (Å²) in [6.07, 6.45) is 6.50. The Labute approximate surface area is 94.2 Å². The molecule has 0 aliphatic heterocycles. The Hall–Kier alpha value is -1.65. The molecule has 1 saturated carbocycles. The summed E-state index contributed by atoms with van der Waals surface area (Å²) >= 11 is 0. The first-order valence-electron chi connectivity index (χ1n) is 5.31.